The number of nitrogens with one attached hydrogen (secondary N) is 1. The molecular formula is C18H27NO2. The van der Waals surface area contributed by atoms with Crippen molar-refractivity contribution in [3.05, 3.63) is 29.8 Å². The molecule has 1 fully saturated rings. The lowest BCUT2D eigenvalue weighted by atomic mass is 9.84. The first-order chi connectivity index (χ1) is 10.2. The number of aryl methyl sites for hydroxylation is 1. The van der Waals surface area contributed by atoms with E-state index in [2.05, 4.69) is 24.4 Å². The maximum atomic E-state index is 12.2. The van der Waals surface area contributed by atoms with E-state index in [1.165, 1.54) is 37.7 Å². The molecule has 1 aliphatic carbocycles. The topological polar surface area (TPSA) is 38.3 Å². The minimum atomic E-state index is -0.226. The number of hydrogen-bond acceptors (Lipinski definition) is 3. The molecule has 1 N–H and O–H groups in total. The second-order valence-corrected chi connectivity index (χ2v) is 6.05. The van der Waals surface area contributed by atoms with Crippen LogP contribution in [0.5, 0.6) is 0 Å². The molecule has 3 nitrogen and oxygen atoms in total. The summed E-state index contributed by atoms with van der Waals surface area (Å²) >= 11 is 0. The van der Waals surface area contributed by atoms with Gasteiger partial charge in [0, 0.05) is 5.69 Å². The number of benzene rings is 1. The van der Waals surface area contributed by atoms with Crippen molar-refractivity contribution in [1.29, 1.82) is 0 Å². The summed E-state index contributed by atoms with van der Waals surface area (Å²) in [6, 6.07) is 7.96. The Balaban J connectivity index is 2.00. The normalized spacial score (nSPS) is 17.2. The molecule has 0 bridgehead atoms. The number of anilines is 1. The van der Waals surface area contributed by atoms with E-state index < -0.39 is 0 Å². The van der Waals surface area contributed by atoms with E-state index in [1.54, 1.807) is 0 Å². The monoisotopic (exact) mass is 289 g/mol. The van der Waals surface area contributed by atoms with Gasteiger partial charge in [0.25, 0.3) is 0 Å². The highest BCUT2D eigenvalue weighted by Crippen LogP contribution is 2.28. The number of ether oxygens (including phenoxy) is 1. The first kappa shape index (κ1) is 15.9. The van der Waals surface area contributed by atoms with Gasteiger partial charge < -0.3 is 10.1 Å². The summed E-state index contributed by atoms with van der Waals surface area (Å²) in [5.74, 6) is 0.523. The lowest BCUT2D eigenvalue weighted by molar-refractivity contribution is -0.144. The van der Waals surface area contributed by atoms with Crippen LogP contribution in [0.15, 0.2) is 24.3 Å². The molecule has 0 spiro atoms. The van der Waals surface area contributed by atoms with Crippen LogP contribution in [-0.4, -0.2) is 18.6 Å². The molecule has 0 heterocycles. The molecular weight excluding hydrogens is 262 g/mol. The lowest BCUT2D eigenvalue weighted by Crippen LogP contribution is -2.34. The second kappa shape index (κ2) is 8.06. The molecule has 1 saturated carbocycles. The zero-order valence-electron chi connectivity index (χ0n) is 13.2. The molecule has 21 heavy (non-hydrogen) atoms. The summed E-state index contributed by atoms with van der Waals surface area (Å²) in [6.07, 6.45) is 7.30. The highest BCUT2D eigenvalue weighted by Gasteiger charge is 2.25. The summed E-state index contributed by atoms with van der Waals surface area (Å²) in [6.45, 7) is 4.37. The van der Waals surface area contributed by atoms with Crippen molar-refractivity contribution in [3.8, 4) is 0 Å². The largest absolute Gasteiger partial charge is 0.464 e. The SMILES string of the molecule is CCOC(=O)C(CC1CCCCC1)Nc1ccc(C)cc1. The van der Waals surface area contributed by atoms with E-state index in [4.69, 9.17) is 4.74 Å². The van der Waals surface area contributed by atoms with E-state index in [1.807, 2.05) is 19.1 Å². The number of carbonyl (C=O) groups is 1. The molecule has 1 aliphatic rings. The molecule has 0 aromatic heterocycles. The van der Waals surface area contributed by atoms with Crippen molar-refractivity contribution in [3.63, 3.8) is 0 Å². The fourth-order valence-electron chi connectivity index (χ4n) is 3.06. The van der Waals surface area contributed by atoms with Crippen LogP contribution in [0.3, 0.4) is 0 Å². The van der Waals surface area contributed by atoms with E-state index in [0.717, 1.165) is 12.1 Å². The molecule has 1 aromatic carbocycles. The Kier molecular flexibility index (Phi) is 6.09. The fraction of sp³-hybridized carbons (Fsp3) is 0.611. The number of esters is 1. The van der Waals surface area contributed by atoms with Gasteiger partial charge in [-0.25, -0.2) is 4.79 Å². The van der Waals surface area contributed by atoms with Crippen molar-refractivity contribution in [2.24, 2.45) is 5.92 Å². The summed E-state index contributed by atoms with van der Waals surface area (Å²) in [5.41, 5.74) is 2.22. The molecule has 3 heteroatoms. The maximum Gasteiger partial charge on any atom is 0.328 e. The number of hydrogen-bond donors (Lipinski definition) is 1. The Bertz CT molecular complexity index is 435. The molecule has 0 saturated heterocycles. The van der Waals surface area contributed by atoms with Gasteiger partial charge in [0.1, 0.15) is 6.04 Å². The first-order valence-electron chi connectivity index (χ1n) is 8.19. The smallest absolute Gasteiger partial charge is 0.328 e. The molecule has 2 rings (SSSR count). The van der Waals surface area contributed by atoms with Gasteiger partial charge in [-0.2, -0.15) is 0 Å². The minimum absolute atomic E-state index is 0.122. The third-order valence-corrected chi connectivity index (χ3v) is 4.26. The summed E-state index contributed by atoms with van der Waals surface area (Å²) < 4.78 is 5.24. The van der Waals surface area contributed by atoms with Gasteiger partial charge in [-0.15, -0.1) is 0 Å². The van der Waals surface area contributed by atoms with E-state index in [9.17, 15) is 4.79 Å². The van der Waals surface area contributed by atoms with Crippen LogP contribution in [0, 0.1) is 12.8 Å². The highest BCUT2D eigenvalue weighted by molar-refractivity contribution is 5.79. The van der Waals surface area contributed by atoms with Crippen LogP contribution in [0.4, 0.5) is 5.69 Å². The number of rotatable bonds is 6. The van der Waals surface area contributed by atoms with Gasteiger partial charge in [0.2, 0.25) is 0 Å². The van der Waals surface area contributed by atoms with Gasteiger partial charge in [0.05, 0.1) is 6.61 Å². The Morgan fingerprint density at radius 3 is 2.52 bits per heavy atom. The Hall–Kier alpha value is -1.51. The van der Waals surface area contributed by atoms with Crippen molar-refractivity contribution in [2.45, 2.75) is 58.4 Å². The van der Waals surface area contributed by atoms with Gasteiger partial charge in [-0.3, -0.25) is 0 Å². The van der Waals surface area contributed by atoms with Crippen molar-refractivity contribution < 1.29 is 9.53 Å². The van der Waals surface area contributed by atoms with Crippen LogP contribution >= 0.6 is 0 Å². The first-order valence-corrected chi connectivity index (χ1v) is 8.19. The second-order valence-electron chi connectivity index (χ2n) is 6.05. The molecule has 1 atom stereocenters. The van der Waals surface area contributed by atoms with Crippen LogP contribution in [0.1, 0.15) is 51.0 Å². The average molecular weight is 289 g/mol. The Morgan fingerprint density at radius 1 is 1.24 bits per heavy atom. The standard InChI is InChI=1S/C18H27NO2/c1-3-21-18(20)17(13-15-7-5-4-6-8-15)19-16-11-9-14(2)10-12-16/h9-12,15,17,19H,3-8,13H2,1-2H3. The van der Waals surface area contributed by atoms with Crippen LogP contribution in [0.25, 0.3) is 0 Å². The van der Waals surface area contributed by atoms with Crippen molar-refractivity contribution in [1.82, 2.24) is 0 Å². The Labute approximate surface area is 128 Å². The van der Waals surface area contributed by atoms with Crippen molar-refractivity contribution >= 4 is 11.7 Å². The zero-order chi connectivity index (χ0) is 15.1. The van der Waals surface area contributed by atoms with Gasteiger partial charge in [0.15, 0.2) is 0 Å². The minimum Gasteiger partial charge on any atom is -0.464 e. The predicted molar refractivity (Wildman–Crippen MR) is 86.4 cm³/mol. The summed E-state index contributed by atoms with van der Waals surface area (Å²) in [5, 5.41) is 3.36. The van der Waals surface area contributed by atoms with Crippen LogP contribution in [-0.2, 0) is 9.53 Å². The van der Waals surface area contributed by atoms with Gasteiger partial charge in [-0.1, -0.05) is 49.8 Å². The fourth-order valence-corrected chi connectivity index (χ4v) is 3.06. The van der Waals surface area contributed by atoms with E-state index >= 15 is 0 Å². The summed E-state index contributed by atoms with van der Waals surface area (Å²) in [4.78, 5) is 12.2. The molecule has 0 radical (unpaired) electrons. The Morgan fingerprint density at radius 2 is 1.90 bits per heavy atom. The summed E-state index contributed by atoms with van der Waals surface area (Å²) in [7, 11) is 0. The van der Waals surface area contributed by atoms with Gasteiger partial charge in [-0.05, 0) is 38.3 Å². The van der Waals surface area contributed by atoms with E-state index in [-0.39, 0.29) is 12.0 Å². The quantitative estimate of drug-likeness (QED) is 0.793. The molecule has 116 valence electrons. The molecule has 1 unspecified atom stereocenters. The third kappa shape index (κ3) is 5.07. The van der Waals surface area contributed by atoms with Crippen molar-refractivity contribution in [2.75, 3.05) is 11.9 Å². The van der Waals surface area contributed by atoms with Crippen LogP contribution in [0.2, 0.25) is 0 Å². The van der Waals surface area contributed by atoms with E-state index in [0.29, 0.717) is 12.5 Å². The third-order valence-electron chi connectivity index (χ3n) is 4.26. The highest BCUT2D eigenvalue weighted by atomic mass is 16.5. The molecule has 0 amide bonds. The molecule has 0 aliphatic heterocycles. The predicted octanol–water partition coefficient (Wildman–Crippen LogP) is 4.31. The maximum absolute atomic E-state index is 12.2. The number of carbonyl (C=O) groups excluding carboxylic acids is 1. The molecule has 1 aromatic rings. The van der Waals surface area contributed by atoms with Gasteiger partial charge >= 0.3 is 5.97 Å². The average Bonchev–Trinajstić information content (AvgIpc) is 2.50. The zero-order valence-corrected chi connectivity index (χ0v) is 13.2. The lowest BCUT2D eigenvalue weighted by Gasteiger charge is -2.26. The van der Waals surface area contributed by atoms with Crippen LogP contribution < -0.4 is 5.32 Å².